The van der Waals surface area contributed by atoms with Gasteiger partial charge in [0.2, 0.25) is 0 Å². The van der Waals surface area contributed by atoms with Crippen LogP contribution >= 0.6 is 0 Å². The predicted octanol–water partition coefficient (Wildman–Crippen LogP) is 2.24. The van der Waals surface area contributed by atoms with Crippen molar-refractivity contribution in [3.8, 4) is 0 Å². The van der Waals surface area contributed by atoms with Crippen LogP contribution < -0.4 is 5.48 Å². The van der Waals surface area contributed by atoms with Gasteiger partial charge >= 0.3 is 0 Å². The van der Waals surface area contributed by atoms with Gasteiger partial charge in [-0.3, -0.25) is 19.6 Å². The van der Waals surface area contributed by atoms with Crippen molar-refractivity contribution < 1.29 is 10.0 Å². The molecule has 0 aliphatic carbocycles. The third-order valence-corrected chi connectivity index (χ3v) is 4.40. The highest BCUT2D eigenvalue weighted by molar-refractivity contribution is 5.90. The Kier molecular flexibility index (Phi) is 5.40. The molecule has 1 amide bonds. The summed E-state index contributed by atoms with van der Waals surface area (Å²) >= 11 is 0. The molecule has 3 rings (SSSR count). The standard InChI is InChI=1S/C18H22N4O2/c23-18(20-24)9-6-15-4-7-16(8-5-15)17-3-1-11-21(17)13-14-22-12-2-10-19-22/h2,4-10,12,17,24H,1,3,11,13-14H2,(H,20,23)/b9-6+. The molecular weight excluding hydrogens is 304 g/mol. The summed E-state index contributed by atoms with van der Waals surface area (Å²) in [5, 5.41) is 12.7. The fourth-order valence-corrected chi connectivity index (χ4v) is 3.17. The predicted molar refractivity (Wildman–Crippen MR) is 91.2 cm³/mol. The van der Waals surface area contributed by atoms with Crippen LogP contribution in [0.5, 0.6) is 0 Å². The quantitative estimate of drug-likeness (QED) is 0.485. The molecule has 6 heteroatoms. The lowest BCUT2D eigenvalue weighted by Gasteiger charge is -2.24. The first-order valence-electron chi connectivity index (χ1n) is 8.20. The molecule has 2 aromatic rings. The largest absolute Gasteiger partial charge is 0.294 e. The zero-order chi connectivity index (χ0) is 16.8. The van der Waals surface area contributed by atoms with Crippen molar-refractivity contribution in [2.24, 2.45) is 0 Å². The number of rotatable bonds is 6. The topological polar surface area (TPSA) is 70.4 Å². The van der Waals surface area contributed by atoms with Crippen molar-refractivity contribution >= 4 is 12.0 Å². The zero-order valence-electron chi connectivity index (χ0n) is 13.5. The molecule has 126 valence electrons. The van der Waals surface area contributed by atoms with Crippen molar-refractivity contribution in [2.45, 2.75) is 25.4 Å². The molecule has 1 saturated heterocycles. The van der Waals surface area contributed by atoms with E-state index in [0.717, 1.165) is 25.2 Å². The molecule has 1 aliphatic rings. The average molecular weight is 326 g/mol. The maximum absolute atomic E-state index is 11.0. The number of carbonyl (C=O) groups is 1. The first kappa shape index (κ1) is 16.4. The van der Waals surface area contributed by atoms with Crippen molar-refractivity contribution in [3.63, 3.8) is 0 Å². The Bertz CT molecular complexity index is 680. The highest BCUT2D eigenvalue weighted by Crippen LogP contribution is 2.31. The molecule has 1 aromatic heterocycles. The van der Waals surface area contributed by atoms with Gasteiger partial charge in [-0.05, 0) is 42.7 Å². The van der Waals surface area contributed by atoms with E-state index in [2.05, 4.69) is 22.1 Å². The number of hydrogen-bond acceptors (Lipinski definition) is 4. The average Bonchev–Trinajstić information content (AvgIpc) is 3.29. The van der Waals surface area contributed by atoms with E-state index in [-0.39, 0.29) is 0 Å². The van der Waals surface area contributed by atoms with Crippen LogP contribution in [0.4, 0.5) is 0 Å². The van der Waals surface area contributed by atoms with Crippen molar-refractivity contribution in [1.82, 2.24) is 20.2 Å². The van der Waals surface area contributed by atoms with Gasteiger partial charge in [-0.15, -0.1) is 0 Å². The minimum absolute atomic E-state index is 0.444. The van der Waals surface area contributed by atoms with E-state index >= 15 is 0 Å². The van der Waals surface area contributed by atoms with E-state index in [9.17, 15) is 4.79 Å². The lowest BCUT2D eigenvalue weighted by atomic mass is 10.0. The second kappa shape index (κ2) is 7.90. The molecular formula is C18H22N4O2. The van der Waals surface area contributed by atoms with E-state index in [4.69, 9.17) is 5.21 Å². The third-order valence-electron chi connectivity index (χ3n) is 4.40. The number of nitrogens with one attached hydrogen (secondary N) is 1. The first-order valence-corrected chi connectivity index (χ1v) is 8.20. The Morgan fingerprint density at radius 1 is 1.33 bits per heavy atom. The zero-order valence-corrected chi connectivity index (χ0v) is 13.5. The van der Waals surface area contributed by atoms with E-state index in [1.807, 2.05) is 35.3 Å². The fourth-order valence-electron chi connectivity index (χ4n) is 3.17. The van der Waals surface area contributed by atoms with Crippen LogP contribution in [0.3, 0.4) is 0 Å². The minimum atomic E-state index is -0.528. The molecule has 0 radical (unpaired) electrons. The summed E-state index contributed by atoms with van der Waals surface area (Å²) in [6.07, 6.45) is 9.17. The van der Waals surface area contributed by atoms with Gasteiger partial charge in [-0.2, -0.15) is 5.10 Å². The Hall–Kier alpha value is -2.44. The van der Waals surface area contributed by atoms with E-state index < -0.39 is 5.91 Å². The van der Waals surface area contributed by atoms with Crippen LogP contribution in [0, 0.1) is 0 Å². The summed E-state index contributed by atoms with van der Waals surface area (Å²) in [6, 6.07) is 10.6. The van der Waals surface area contributed by atoms with Crippen molar-refractivity contribution in [3.05, 3.63) is 59.9 Å². The fraction of sp³-hybridized carbons (Fsp3) is 0.333. The molecule has 0 spiro atoms. The molecule has 2 heterocycles. The van der Waals surface area contributed by atoms with Crippen LogP contribution in [0.2, 0.25) is 0 Å². The molecule has 24 heavy (non-hydrogen) atoms. The maximum Gasteiger partial charge on any atom is 0.267 e. The summed E-state index contributed by atoms with van der Waals surface area (Å²) < 4.78 is 1.97. The number of nitrogens with zero attached hydrogens (tertiary/aromatic N) is 3. The number of benzene rings is 1. The van der Waals surface area contributed by atoms with Gasteiger partial charge in [0.05, 0.1) is 6.54 Å². The van der Waals surface area contributed by atoms with Gasteiger partial charge in [0.1, 0.15) is 0 Å². The van der Waals surface area contributed by atoms with Gasteiger partial charge in [0.25, 0.3) is 5.91 Å². The molecule has 1 aromatic carbocycles. The number of aromatic nitrogens is 2. The normalized spacial score (nSPS) is 18.3. The van der Waals surface area contributed by atoms with Crippen LogP contribution in [0.25, 0.3) is 6.08 Å². The van der Waals surface area contributed by atoms with Crippen LogP contribution in [0.1, 0.15) is 30.0 Å². The smallest absolute Gasteiger partial charge is 0.267 e. The van der Waals surface area contributed by atoms with Gasteiger partial charge in [-0.1, -0.05) is 24.3 Å². The highest BCUT2D eigenvalue weighted by atomic mass is 16.5. The highest BCUT2D eigenvalue weighted by Gasteiger charge is 2.25. The van der Waals surface area contributed by atoms with Crippen LogP contribution in [-0.4, -0.2) is 38.9 Å². The van der Waals surface area contributed by atoms with Gasteiger partial charge in [0, 0.05) is 31.1 Å². The molecule has 2 N–H and O–H groups in total. The number of hydrogen-bond donors (Lipinski definition) is 2. The summed E-state index contributed by atoms with van der Waals surface area (Å²) in [7, 11) is 0. The Labute approximate surface area is 141 Å². The van der Waals surface area contributed by atoms with Gasteiger partial charge < -0.3 is 0 Å². The van der Waals surface area contributed by atoms with Crippen LogP contribution in [-0.2, 0) is 11.3 Å². The first-order chi connectivity index (χ1) is 11.8. The Balaban J connectivity index is 1.62. The molecule has 0 bridgehead atoms. The van der Waals surface area contributed by atoms with E-state index in [1.165, 1.54) is 24.5 Å². The lowest BCUT2D eigenvalue weighted by Crippen LogP contribution is -2.27. The Morgan fingerprint density at radius 2 is 2.17 bits per heavy atom. The number of carbonyl (C=O) groups excluding carboxylic acids is 1. The van der Waals surface area contributed by atoms with E-state index in [1.54, 1.807) is 11.6 Å². The molecule has 1 fully saturated rings. The molecule has 1 atom stereocenters. The minimum Gasteiger partial charge on any atom is -0.294 e. The maximum atomic E-state index is 11.0. The summed E-state index contributed by atoms with van der Waals surface area (Å²) in [5.74, 6) is -0.528. The number of likely N-dealkylation sites (tertiary alicyclic amines) is 1. The molecule has 1 aliphatic heterocycles. The van der Waals surface area contributed by atoms with E-state index in [0.29, 0.717) is 6.04 Å². The van der Waals surface area contributed by atoms with Crippen molar-refractivity contribution in [2.75, 3.05) is 13.1 Å². The summed E-state index contributed by atoms with van der Waals surface area (Å²) in [6.45, 7) is 3.01. The second-order valence-corrected chi connectivity index (χ2v) is 5.94. The lowest BCUT2D eigenvalue weighted by molar-refractivity contribution is -0.124. The third kappa shape index (κ3) is 4.10. The summed E-state index contributed by atoms with van der Waals surface area (Å²) in [4.78, 5) is 13.5. The summed E-state index contributed by atoms with van der Waals surface area (Å²) in [5.41, 5.74) is 3.82. The monoisotopic (exact) mass is 326 g/mol. The SMILES string of the molecule is O=C(/C=C/c1ccc(C2CCCN2CCn2cccn2)cc1)NO. The molecule has 6 nitrogen and oxygen atoms in total. The molecule has 0 saturated carbocycles. The van der Waals surface area contributed by atoms with Gasteiger partial charge in [-0.25, -0.2) is 5.48 Å². The van der Waals surface area contributed by atoms with Gasteiger partial charge in [0.15, 0.2) is 0 Å². The molecule has 1 unspecified atom stereocenters. The number of hydroxylamine groups is 1. The second-order valence-electron chi connectivity index (χ2n) is 5.94. The van der Waals surface area contributed by atoms with Crippen molar-refractivity contribution in [1.29, 1.82) is 0 Å². The Morgan fingerprint density at radius 3 is 2.88 bits per heavy atom. The number of amides is 1. The van der Waals surface area contributed by atoms with Crippen LogP contribution in [0.15, 0.2) is 48.8 Å².